The highest BCUT2D eigenvalue weighted by atomic mass is 16.1. The molecule has 5 nitrogen and oxygen atoms in total. The molecule has 0 spiro atoms. The lowest BCUT2D eigenvalue weighted by Crippen LogP contribution is -2.04. The summed E-state index contributed by atoms with van der Waals surface area (Å²) in [5.41, 5.74) is 3.44. The molecule has 3 rings (SSSR count). The van der Waals surface area contributed by atoms with E-state index in [9.17, 15) is 4.79 Å². The predicted molar refractivity (Wildman–Crippen MR) is 77.8 cm³/mol. The third-order valence-electron chi connectivity index (χ3n) is 2.82. The van der Waals surface area contributed by atoms with Gasteiger partial charge in [0.25, 0.3) is 5.56 Å². The van der Waals surface area contributed by atoms with Gasteiger partial charge >= 0.3 is 0 Å². The third kappa shape index (κ3) is 2.72. The second-order valence-electron chi connectivity index (χ2n) is 4.23. The van der Waals surface area contributed by atoms with E-state index < -0.39 is 0 Å². The lowest BCUT2D eigenvalue weighted by Gasteiger charge is -2.06. The van der Waals surface area contributed by atoms with Crippen molar-refractivity contribution >= 4 is 11.4 Å². The first-order chi connectivity index (χ1) is 9.81. The molecule has 0 saturated carbocycles. The van der Waals surface area contributed by atoms with Crippen molar-refractivity contribution in [3.63, 3.8) is 0 Å². The van der Waals surface area contributed by atoms with Gasteiger partial charge in [0, 0.05) is 35.5 Å². The van der Waals surface area contributed by atoms with Gasteiger partial charge in [-0.1, -0.05) is 12.1 Å². The molecule has 0 radical (unpaired) electrons. The fourth-order valence-corrected chi connectivity index (χ4v) is 1.83. The number of H-pyrrole nitrogens is 1. The van der Waals surface area contributed by atoms with Crippen molar-refractivity contribution in [3.05, 3.63) is 71.5 Å². The Bertz CT molecular complexity index is 730. The van der Waals surface area contributed by atoms with Crippen molar-refractivity contribution in [1.82, 2.24) is 15.0 Å². The SMILES string of the molecule is O=c1cnc(-c2ccc(Nc3ccncc3)cc2)c[nH]1. The number of pyridine rings is 1. The standard InChI is InChI=1S/C15H12N4O/c20-15-10-17-14(9-18-15)11-1-3-12(4-2-11)19-13-5-7-16-8-6-13/h1-10H,(H,16,19)(H,18,20). The van der Waals surface area contributed by atoms with E-state index in [2.05, 4.69) is 20.3 Å². The van der Waals surface area contributed by atoms with E-state index >= 15 is 0 Å². The first kappa shape index (κ1) is 12.1. The van der Waals surface area contributed by atoms with Gasteiger partial charge in [-0.25, -0.2) is 4.98 Å². The van der Waals surface area contributed by atoms with Gasteiger partial charge in [-0.05, 0) is 24.3 Å². The molecule has 2 aromatic heterocycles. The van der Waals surface area contributed by atoms with Crippen molar-refractivity contribution in [1.29, 1.82) is 0 Å². The first-order valence-electron chi connectivity index (χ1n) is 6.13. The van der Waals surface area contributed by atoms with E-state index in [0.29, 0.717) is 0 Å². The predicted octanol–water partition coefficient (Wildman–Crippen LogP) is 2.58. The molecule has 98 valence electrons. The summed E-state index contributed by atoms with van der Waals surface area (Å²) >= 11 is 0. The van der Waals surface area contributed by atoms with Crippen LogP contribution in [0, 0.1) is 0 Å². The van der Waals surface area contributed by atoms with Crippen molar-refractivity contribution in [3.8, 4) is 11.3 Å². The van der Waals surface area contributed by atoms with Gasteiger partial charge in [0.15, 0.2) is 0 Å². The number of benzene rings is 1. The van der Waals surface area contributed by atoms with E-state index in [0.717, 1.165) is 22.6 Å². The topological polar surface area (TPSA) is 70.7 Å². The summed E-state index contributed by atoms with van der Waals surface area (Å²) in [6, 6.07) is 11.6. The van der Waals surface area contributed by atoms with E-state index in [1.54, 1.807) is 18.6 Å². The Morgan fingerprint density at radius 3 is 2.30 bits per heavy atom. The van der Waals surface area contributed by atoms with Crippen LogP contribution in [-0.4, -0.2) is 15.0 Å². The van der Waals surface area contributed by atoms with Crippen LogP contribution >= 0.6 is 0 Å². The Labute approximate surface area is 115 Å². The summed E-state index contributed by atoms with van der Waals surface area (Å²) < 4.78 is 0. The summed E-state index contributed by atoms with van der Waals surface area (Å²) in [5, 5.41) is 3.27. The molecule has 0 saturated heterocycles. The maximum Gasteiger partial charge on any atom is 0.266 e. The fraction of sp³-hybridized carbons (Fsp3) is 0. The molecule has 0 bridgehead atoms. The molecule has 0 atom stereocenters. The maximum atomic E-state index is 11.0. The Hall–Kier alpha value is -2.95. The smallest absolute Gasteiger partial charge is 0.266 e. The highest BCUT2D eigenvalue weighted by Crippen LogP contribution is 2.20. The highest BCUT2D eigenvalue weighted by molar-refractivity contribution is 5.65. The van der Waals surface area contributed by atoms with Gasteiger partial charge in [-0.15, -0.1) is 0 Å². The molecule has 0 fully saturated rings. The van der Waals surface area contributed by atoms with Crippen LogP contribution in [-0.2, 0) is 0 Å². The Kier molecular flexibility index (Phi) is 3.24. The molecular formula is C15H12N4O. The average Bonchev–Trinajstić information content (AvgIpc) is 2.50. The van der Waals surface area contributed by atoms with Crippen LogP contribution in [0.3, 0.4) is 0 Å². The number of nitrogens with zero attached hydrogens (tertiary/aromatic N) is 2. The van der Waals surface area contributed by atoms with Crippen molar-refractivity contribution in [2.24, 2.45) is 0 Å². The molecule has 0 amide bonds. The Morgan fingerprint density at radius 1 is 0.950 bits per heavy atom. The van der Waals surface area contributed by atoms with Crippen LogP contribution in [0.2, 0.25) is 0 Å². The zero-order valence-corrected chi connectivity index (χ0v) is 10.6. The molecular weight excluding hydrogens is 252 g/mol. The summed E-state index contributed by atoms with van der Waals surface area (Å²) in [4.78, 5) is 21.6. The molecule has 0 unspecified atom stereocenters. The maximum absolute atomic E-state index is 11.0. The van der Waals surface area contributed by atoms with Crippen LogP contribution in [0.4, 0.5) is 11.4 Å². The average molecular weight is 264 g/mol. The van der Waals surface area contributed by atoms with E-state index in [-0.39, 0.29) is 5.56 Å². The monoisotopic (exact) mass is 264 g/mol. The van der Waals surface area contributed by atoms with Crippen LogP contribution in [0.1, 0.15) is 0 Å². The normalized spacial score (nSPS) is 10.2. The van der Waals surface area contributed by atoms with Crippen LogP contribution < -0.4 is 10.9 Å². The van der Waals surface area contributed by atoms with Crippen molar-refractivity contribution < 1.29 is 0 Å². The molecule has 0 aliphatic carbocycles. The molecule has 0 aliphatic heterocycles. The molecule has 2 N–H and O–H groups in total. The van der Waals surface area contributed by atoms with Gasteiger partial charge in [0.05, 0.1) is 11.9 Å². The third-order valence-corrected chi connectivity index (χ3v) is 2.82. The van der Waals surface area contributed by atoms with Crippen LogP contribution in [0.25, 0.3) is 11.3 Å². The number of hydrogen-bond donors (Lipinski definition) is 2. The highest BCUT2D eigenvalue weighted by Gasteiger charge is 2.00. The lowest BCUT2D eigenvalue weighted by molar-refractivity contribution is 1.14. The minimum absolute atomic E-state index is 0.204. The number of anilines is 2. The quantitative estimate of drug-likeness (QED) is 0.762. The number of rotatable bonds is 3. The summed E-state index contributed by atoms with van der Waals surface area (Å²) in [6.07, 6.45) is 6.36. The lowest BCUT2D eigenvalue weighted by atomic mass is 10.1. The fourth-order valence-electron chi connectivity index (χ4n) is 1.83. The summed E-state index contributed by atoms with van der Waals surface area (Å²) in [6.45, 7) is 0. The largest absolute Gasteiger partial charge is 0.355 e. The number of aromatic amines is 1. The second kappa shape index (κ2) is 5.36. The first-order valence-corrected chi connectivity index (χ1v) is 6.13. The van der Waals surface area contributed by atoms with Gasteiger partial charge in [-0.2, -0.15) is 0 Å². The number of hydrogen-bond acceptors (Lipinski definition) is 4. The number of aromatic nitrogens is 3. The molecule has 3 aromatic rings. The van der Waals surface area contributed by atoms with Gasteiger partial charge in [0.2, 0.25) is 0 Å². The molecule has 2 heterocycles. The number of nitrogens with one attached hydrogen (secondary N) is 2. The minimum atomic E-state index is -0.204. The molecule has 0 aliphatic rings. The van der Waals surface area contributed by atoms with E-state index in [1.165, 1.54) is 6.20 Å². The minimum Gasteiger partial charge on any atom is -0.355 e. The van der Waals surface area contributed by atoms with Gasteiger partial charge < -0.3 is 10.3 Å². The molecule has 5 heteroatoms. The van der Waals surface area contributed by atoms with Crippen LogP contribution in [0.5, 0.6) is 0 Å². The zero-order valence-electron chi connectivity index (χ0n) is 10.6. The Balaban J connectivity index is 1.81. The van der Waals surface area contributed by atoms with Gasteiger partial charge in [-0.3, -0.25) is 9.78 Å². The van der Waals surface area contributed by atoms with Crippen molar-refractivity contribution in [2.45, 2.75) is 0 Å². The van der Waals surface area contributed by atoms with Crippen molar-refractivity contribution in [2.75, 3.05) is 5.32 Å². The second-order valence-corrected chi connectivity index (χ2v) is 4.23. The zero-order chi connectivity index (χ0) is 13.8. The van der Waals surface area contributed by atoms with Gasteiger partial charge in [0.1, 0.15) is 0 Å². The van der Waals surface area contributed by atoms with E-state index in [4.69, 9.17) is 0 Å². The summed E-state index contributed by atoms with van der Waals surface area (Å²) in [5.74, 6) is 0. The Morgan fingerprint density at radius 2 is 1.65 bits per heavy atom. The van der Waals surface area contributed by atoms with Crippen LogP contribution in [0.15, 0.2) is 66.0 Å². The van der Waals surface area contributed by atoms with E-state index in [1.807, 2.05) is 36.4 Å². The molecule has 20 heavy (non-hydrogen) atoms. The summed E-state index contributed by atoms with van der Waals surface area (Å²) in [7, 11) is 0. The molecule has 1 aromatic carbocycles.